The summed E-state index contributed by atoms with van der Waals surface area (Å²) < 4.78 is 0. The molecule has 1 aliphatic rings. The minimum absolute atomic E-state index is 0.674. The van der Waals surface area contributed by atoms with Crippen molar-refractivity contribution in [3.63, 3.8) is 0 Å². The first-order valence-corrected chi connectivity index (χ1v) is 9.71. The van der Waals surface area contributed by atoms with Crippen LogP contribution in [0.1, 0.15) is 31.2 Å². The normalized spacial score (nSPS) is 14.6. The first-order chi connectivity index (χ1) is 13.4. The van der Waals surface area contributed by atoms with Gasteiger partial charge < -0.3 is 10.2 Å². The van der Waals surface area contributed by atoms with E-state index in [9.17, 15) is 0 Å². The number of nitrogens with one attached hydrogen (secondary N) is 1. The second-order valence-electron chi connectivity index (χ2n) is 6.91. The summed E-state index contributed by atoms with van der Waals surface area (Å²) in [6, 6.07) is 16.5. The van der Waals surface area contributed by atoms with Gasteiger partial charge in [0.2, 0.25) is 5.95 Å². The highest BCUT2D eigenvalue weighted by atomic mass is 15.2. The van der Waals surface area contributed by atoms with Crippen LogP contribution in [0.4, 0.5) is 11.8 Å². The molecule has 0 aliphatic carbocycles. The summed E-state index contributed by atoms with van der Waals surface area (Å²) in [4.78, 5) is 16.1. The second-order valence-corrected chi connectivity index (χ2v) is 6.91. The van der Waals surface area contributed by atoms with Crippen molar-refractivity contribution in [2.24, 2.45) is 0 Å². The molecule has 1 aromatic carbocycles. The number of hydrogen-bond acceptors (Lipinski definition) is 5. The SMILES string of the molecule is c1ccc(-c2cc(N3CCCCCC3)nc(NCc3ccncc3)n2)cc1. The van der Waals surface area contributed by atoms with Crippen LogP contribution in [0, 0.1) is 0 Å². The maximum atomic E-state index is 4.83. The highest BCUT2D eigenvalue weighted by Gasteiger charge is 2.14. The third-order valence-corrected chi connectivity index (χ3v) is 4.91. The molecule has 138 valence electrons. The topological polar surface area (TPSA) is 53.9 Å². The average Bonchev–Trinajstić information content (AvgIpc) is 3.03. The number of aromatic nitrogens is 3. The van der Waals surface area contributed by atoms with Gasteiger partial charge in [-0.3, -0.25) is 4.98 Å². The molecule has 0 atom stereocenters. The van der Waals surface area contributed by atoms with E-state index in [0.717, 1.165) is 35.7 Å². The largest absolute Gasteiger partial charge is 0.356 e. The molecule has 2 aromatic heterocycles. The number of rotatable bonds is 5. The molecule has 3 heterocycles. The van der Waals surface area contributed by atoms with Crippen LogP contribution in [0.15, 0.2) is 60.9 Å². The van der Waals surface area contributed by atoms with Crippen LogP contribution >= 0.6 is 0 Å². The molecule has 0 unspecified atom stereocenters. The van der Waals surface area contributed by atoms with E-state index in [4.69, 9.17) is 9.97 Å². The summed E-state index contributed by atoms with van der Waals surface area (Å²) in [6.07, 6.45) is 8.68. The minimum atomic E-state index is 0.674. The Morgan fingerprint density at radius 2 is 1.59 bits per heavy atom. The summed E-state index contributed by atoms with van der Waals surface area (Å²) in [5, 5.41) is 3.39. The van der Waals surface area contributed by atoms with Crippen LogP contribution in [0.3, 0.4) is 0 Å². The summed E-state index contributed by atoms with van der Waals surface area (Å²) in [6.45, 7) is 2.81. The van der Waals surface area contributed by atoms with Crippen molar-refractivity contribution < 1.29 is 0 Å². The number of benzene rings is 1. The fraction of sp³-hybridized carbons (Fsp3) is 0.318. The molecule has 0 spiro atoms. The second kappa shape index (κ2) is 8.62. The summed E-state index contributed by atoms with van der Waals surface area (Å²) in [5.74, 6) is 1.69. The Hall–Kier alpha value is -2.95. The fourth-order valence-corrected chi connectivity index (χ4v) is 3.41. The maximum Gasteiger partial charge on any atom is 0.225 e. The Balaban J connectivity index is 1.63. The van der Waals surface area contributed by atoms with Gasteiger partial charge in [0.15, 0.2) is 0 Å². The number of nitrogens with zero attached hydrogens (tertiary/aromatic N) is 4. The van der Waals surface area contributed by atoms with E-state index in [2.05, 4.69) is 33.4 Å². The van der Waals surface area contributed by atoms with Crippen LogP contribution in [-0.2, 0) is 6.54 Å². The Labute approximate surface area is 160 Å². The Morgan fingerprint density at radius 1 is 0.852 bits per heavy atom. The molecule has 0 amide bonds. The standard InChI is InChI=1S/C22H25N5/c1-2-7-15-27(14-6-1)21-16-20(19-8-4-3-5-9-19)25-22(26-21)24-17-18-10-12-23-13-11-18/h3-5,8-13,16H,1-2,6-7,14-15,17H2,(H,24,25,26). The molecule has 4 rings (SSSR count). The van der Waals surface area contributed by atoms with Crippen molar-refractivity contribution in [2.45, 2.75) is 32.2 Å². The molecular weight excluding hydrogens is 334 g/mol. The predicted octanol–water partition coefficient (Wildman–Crippen LogP) is 4.53. The average molecular weight is 359 g/mol. The van der Waals surface area contributed by atoms with E-state index in [1.165, 1.54) is 25.7 Å². The van der Waals surface area contributed by atoms with Gasteiger partial charge in [-0.2, -0.15) is 4.98 Å². The number of anilines is 2. The molecule has 5 heteroatoms. The van der Waals surface area contributed by atoms with E-state index in [-0.39, 0.29) is 0 Å². The zero-order valence-electron chi connectivity index (χ0n) is 15.5. The van der Waals surface area contributed by atoms with E-state index >= 15 is 0 Å². The van der Waals surface area contributed by atoms with Crippen molar-refractivity contribution >= 4 is 11.8 Å². The van der Waals surface area contributed by atoms with Gasteiger partial charge >= 0.3 is 0 Å². The summed E-state index contributed by atoms with van der Waals surface area (Å²) >= 11 is 0. The molecule has 0 bridgehead atoms. The van der Waals surface area contributed by atoms with E-state index in [0.29, 0.717) is 12.5 Å². The summed E-state index contributed by atoms with van der Waals surface area (Å²) in [5.41, 5.74) is 3.24. The molecule has 0 saturated carbocycles. The Morgan fingerprint density at radius 3 is 2.33 bits per heavy atom. The molecule has 0 radical (unpaired) electrons. The van der Waals surface area contributed by atoms with E-state index in [1.807, 2.05) is 30.3 Å². The van der Waals surface area contributed by atoms with Crippen LogP contribution in [-0.4, -0.2) is 28.0 Å². The Bertz CT molecular complexity index is 843. The van der Waals surface area contributed by atoms with Gasteiger partial charge in [-0.15, -0.1) is 0 Å². The fourth-order valence-electron chi connectivity index (χ4n) is 3.41. The van der Waals surface area contributed by atoms with Gasteiger partial charge in [-0.1, -0.05) is 43.2 Å². The van der Waals surface area contributed by atoms with Gasteiger partial charge in [0.1, 0.15) is 5.82 Å². The van der Waals surface area contributed by atoms with Gasteiger partial charge in [-0.25, -0.2) is 4.98 Å². The van der Waals surface area contributed by atoms with Gasteiger partial charge in [-0.05, 0) is 30.5 Å². The van der Waals surface area contributed by atoms with Gasteiger partial charge in [0.05, 0.1) is 5.69 Å². The first-order valence-electron chi connectivity index (χ1n) is 9.71. The minimum Gasteiger partial charge on any atom is -0.356 e. The molecule has 1 N–H and O–H groups in total. The highest BCUT2D eigenvalue weighted by molar-refractivity contribution is 5.64. The van der Waals surface area contributed by atoms with Crippen molar-refractivity contribution in [3.8, 4) is 11.3 Å². The third kappa shape index (κ3) is 4.61. The molecule has 5 nitrogen and oxygen atoms in total. The third-order valence-electron chi connectivity index (χ3n) is 4.91. The van der Waals surface area contributed by atoms with Crippen LogP contribution < -0.4 is 10.2 Å². The van der Waals surface area contributed by atoms with Crippen molar-refractivity contribution in [1.82, 2.24) is 15.0 Å². The maximum absolute atomic E-state index is 4.83. The van der Waals surface area contributed by atoms with Crippen LogP contribution in [0.25, 0.3) is 11.3 Å². The Kier molecular flexibility index (Phi) is 5.58. The zero-order chi connectivity index (χ0) is 18.3. The zero-order valence-corrected chi connectivity index (χ0v) is 15.5. The smallest absolute Gasteiger partial charge is 0.225 e. The lowest BCUT2D eigenvalue weighted by molar-refractivity contribution is 0.726. The van der Waals surface area contributed by atoms with Crippen LogP contribution in [0.2, 0.25) is 0 Å². The lowest BCUT2D eigenvalue weighted by Gasteiger charge is -2.22. The molecular formula is C22H25N5. The first kappa shape index (κ1) is 17.5. The number of hydrogen-bond donors (Lipinski definition) is 1. The molecule has 27 heavy (non-hydrogen) atoms. The molecule has 3 aromatic rings. The summed E-state index contributed by atoms with van der Waals surface area (Å²) in [7, 11) is 0. The lowest BCUT2D eigenvalue weighted by atomic mass is 10.1. The van der Waals surface area contributed by atoms with Crippen LogP contribution in [0.5, 0.6) is 0 Å². The van der Waals surface area contributed by atoms with E-state index < -0.39 is 0 Å². The van der Waals surface area contributed by atoms with Crippen molar-refractivity contribution in [1.29, 1.82) is 0 Å². The molecule has 1 saturated heterocycles. The number of pyridine rings is 1. The quantitative estimate of drug-likeness (QED) is 0.725. The molecule has 1 aliphatic heterocycles. The predicted molar refractivity (Wildman–Crippen MR) is 110 cm³/mol. The lowest BCUT2D eigenvalue weighted by Crippen LogP contribution is -2.25. The van der Waals surface area contributed by atoms with Gasteiger partial charge in [0.25, 0.3) is 0 Å². The van der Waals surface area contributed by atoms with Crippen molar-refractivity contribution in [3.05, 3.63) is 66.5 Å². The molecule has 1 fully saturated rings. The van der Waals surface area contributed by atoms with Gasteiger partial charge in [0, 0.05) is 43.7 Å². The van der Waals surface area contributed by atoms with E-state index in [1.54, 1.807) is 12.4 Å². The van der Waals surface area contributed by atoms with Crippen molar-refractivity contribution in [2.75, 3.05) is 23.3 Å². The highest BCUT2D eigenvalue weighted by Crippen LogP contribution is 2.25. The monoisotopic (exact) mass is 359 g/mol.